The van der Waals surface area contributed by atoms with Gasteiger partial charge in [0.05, 0.1) is 6.61 Å². The highest BCUT2D eigenvalue weighted by Crippen LogP contribution is 2.41. The van der Waals surface area contributed by atoms with Crippen molar-refractivity contribution < 1.29 is 30.6 Å². The van der Waals surface area contributed by atoms with Gasteiger partial charge in [-0.1, -0.05) is 104 Å². The van der Waals surface area contributed by atoms with Crippen molar-refractivity contribution in [2.75, 3.05) is 0 Å². The Balaban J connectivity index is 0.000000343. The molecule has 3 aromatic rings. The predicted octanol–water partition coefficient (Wildman–Crippen LogP) is 9.57. The Morgan fingerprint density at radius 3 is 0.978 bits per heavy atom. The standard InChI is InChI=1S/C15H24O2.C14H22O2.C10H14O2/c1-14(2,3)11-7-10(9-16)8-12(13(11)17)15(4,5)6;1-13(2,3)9-7-12(16)10(8-11(9)15)14(4,5)6;1-10(2,3)8-6-7(11)4-5-9(8)12/h7-8,16-17H,9H2,1-6H3;7-8,15-16H,1-6H3;4-6,11-12H,1-3H3. The van der Waals surface area contributed by atoms with E-state index in [-0.39, 0.29) is 56.7 Å². The lowest BCUT2D eigenvalue weighted by atomic mass is 9.78. The fraction of sp³-hybridized carbons (Fsp3) is 0.538. The normalized spacial score (nSPS) is 12.5. The number of aliphatic hydroxyl groups is 1. The molecule has 0 saturated heterocycles. The van der Waals surface area contributed by atoms with Crippen molar-refractivity contribution in [2.45, 2.75) is 138 Å². The van der Waals surface area contributed by atoms with Crippen molar-refractivity contribution in [3.05, 3.63) is 75.8 Å². The molecule has 45 heavy (non-hydrogen) atoms. The van der Waals surface area contributed by atoms with Crippen LogP contribution in [0.5, 0.6) is 28.7 Å². The van der Waals surface area contributed by atoms with Crippen LogP contribution in [0, 0.1) is 0 Å². The third-order valence-corrected chi connectivity index (χ3v) is 7.49. The predicted molar refractivity (Wildman–Crippen MR) is 187 cm³/mol. The molecule has 3 rings (SSSR count). The number of phenolic OH excluding ortho intramolecular Hbond substituents is 5. The topological polar surface area (TPSA) is 121 Å². The van der Waals surface area contributed by atoms with Crippen LogP contribution in [-0.2, 0) is 33.7 Å². The van der Waals surface area contributed by atoms with Crippen molar-refractivity contribution in [1.29, 1.82) is 0 Å². The van der Waals surface area contributed by atoms with Crippen LogP contribution in [0.1, 0.15) is 137 Å². The van der Waals surface area contributed by atoms with Crippen LogP contribution in [-0.4, -0.2) is 30.6 Å². The van der Waals surface area contributed by atoms with Crippen LogP contribution in [0.4, 0.5) is 0 Å². The van der Waals surface area contributed by atoms with Crippen LogP contribution >= 0.6 is 0 Å². The monoisotopic (exact) mass is 624 g/mol. The Hall–Kier alpha value is -3.38. The Kier molecular flexibility index (Phi) is 12.3. The molecule has 0 bridgehead atoms. The molecule has 0 aromatic heterocycles. The van der Waals surface area contributed by atoms with Gasteiger partial charge in [0.25, 0.3) is 0 Å². The minimum Gasteiger partial charge on any atom is -0.508 e. The maximum atomic E-state index is 10.4. The first-order chi connectivity index (χ1) is 20.0. The summed E-state index contributed by atoms with van der Waals surface area (Å²) < 4.78 is 0. The Labute approximate surface area is 272 Å². The number of aromatic hydroxyl groups is 5. The number of aliphatic hydroxyl groups excluding tert-OH is 1. The Morgan fingerprint density at radius 2 is 0.711 bits per heavy atom. The van der Waals surface area contributed by atoms with Crippen molar-refractivity contribution in [1.82, 2.24) is 0 Å². The molecule has 0 aliphatic rings. The molecule has 0 radical (unpaired) electrons. The summed E-state index contributed by atoms with van der Waals surface area (Å²) in [5.74, 6) is 1.31. The lowest BCUT2D eigenvalue weighted by Crippen LogP contribution is -2.17. The van der Waals surface area contributed by atoms with Crippen LogP contribution in [0.25, 0.3) is 0 Å². The molecule has 0 spiro atoms. The van der Waals surface area contributed by atoms with Gasteiger partial charge in [-0.25, -0.2) is 0 Å². The van der Waals surface area contributed by atoms with E-state index >= 15 is 0 Å². The second kappa shape index (κ2) is 13.9. The molecule has 0 unspecified atom stereocenters. The number of rotatable bonds is 1. The van der Waals surface area contributed by atoms with Gasteiger partial charge in [-0.05, 0) is 86.2 Å². The van der Waals surface area contributed by atoms with Gasteiger partial charge in [0.2, 0.25) is 0 Å². The summed E-state index contributed by atoms with van der Waals surface area (Å²) in [7, 11) is 0. The largest absolute Gasteiger partial charge is 0.508 e. The van der Waals surface area contributed by atoms with Crippen LogP contribution in [0.2, 0.25) is 0 Å². The highest BCUT2D eigenvalue weighted by molar-refractivity contribution is 5.51. The second-order valence-electron chi connectivity index (χ2n) is 17.0. The molecule has 0 aliphatic carbocycles. The number of hydrogen-bond acceptors (Lipinski definition) is 6. The molecule has 6 N–H and O–H groups in total. The zero-order chi connectivity index (χ0) is 35.5. The first kappa shape index (κ1) is 39.6. The average Bonchev–Trinajstić information content (AvgIpc) is 2.84. The van der Waals surface area contributed by atoms with E-state index in [2.05, 4.69) is 41.5 Å². The van der Waals surface area contributed by atoms with E-state index in [1.807, 2.05) is 74.4 Å². The maximum absolute atomic E-state index is 10.4. The van der Waals surface area contributed by atoms with E-state index in [1.165, 1.54) is 12.1 Å². The summed E-state index contributed by atoms with van der Waals surface area (Å²) in [4.78, 5) is 0. The molecular formula is C39H60O6. The smallest absolute Gasteiger partial charge is 0.123 e. The van der Waals surface area contributed by atoms with Gasteiger partial charge in [-0.15, -0.1) is 0 Å². The molecule has 0 saturated carbocycles. The quantitative estimate of drug-likeness (QED) is 0.150. The zero-order valence-electron chi connectivity index (χ0n) is 30.4. The molecule has 6 heteroatoms. The van der Waals surface area contributed by atoms with E-state index in [0.29, 0.717) is 5.75 Å². The second-order valence-corrected chi connectivity index (χ2v) is 17.0. The van der Waals surface area contributed by atoms with Crippen molar-refractivity contribution >= 4 is 0 Å². The lowest BCUT2D eigenvalue weighted by Gasteiger charge is -2.28. The number of phenols is 5. The van der Waals surface area contributed by atoms with E-state index in [9.17, 15) is 30.6 Å². The Bertz CT molecular complexity index is 1360. The molecule has 6 nitrogen and oxygen atoms in total. The maximum Gasteiger partial charge on any atom is 0.123 e. The minimum absolute atomic E-state index is 0.00639. The van der Waals surface area contributed by atoms with Gasteiger partial charge in [0.1, 0.15) is 28.7 Å². The molecule has 0 fully saturated rings. The first-order valence-electron chi connectivity index (χ1n) is 15.6. The molecule has 0 heterocycles. The third-order valence-electron chi connectivity index (χ3n) is 7.49. The first-order valence-corrected chi connectivity index (χ1v) is 15.6. The molecule has 0 amide bonds. The van der Waals surface area contributed by atoms with E-state index < -0.39 is 0 Å². The molecular weight excluding hydrogens is 564 g/mol. The Morgan fingerprint density at radius 1 is 0.400 bits per heavy atom. The summed E-state index contributed by atoms with van der Waals surface area (Å²) in [6, 6.07) is 11.7. The van der Waals surface area contributed by atoms with Crippen LogP contribution in [0.3, 0.4) is 0 Å². The highest BCUT2D eigenvalue weighted by Gasteiger charge is 2.27. The van der Waals surface area contributed by atoms with Crippen LogP contribution in [0.15, 0.2) is 42.5 Å². The molecule has 0 atom stereocenters. The van der Waals surface area contributed by atoms with Gasteiger partial charge in [0, 0.05) is 16.7 Å². The van der Waals surface area contributed by atoms with Gasteiger partial charge in [-0.2, -0.15) is 0 Å². The summed E-state index contributed by atoms with van der Waals surface area (Å²) in [5.41, 5.74) is 4.24. The van der Waals surface area contributed by atoms with Gasteiger partial charge < -0.3 is 30.6 Å². The summed E-state index contributed by atoms with van der Waals surface area (Å²) in [6.07, 6.45) is 0. The third kappa shape index (κ3) is 11.2. The zero-order valence-corrected chi connectivity index (χ0v) is 30.4. The van der Waals surface area contributed by atoms with E-state index in [4.69, 9.17) is 0 Å². The lowest BCUT2D eigenvalue weighted by molar-refractivity contribution is 0.281. The van der Waals surface area contributed by atoms with Gasteiger partial charge in [-0.3, -0.25) is 0 Å². The van der Waals surface area contributed by atoms with Crippen LogP contribution < -0.4 is 0 Å². The minimum atomic E-state index is -0.169. The fourth-order valence-corrected chi connectivity index (χ4v) is 4.83. The van der Waals surface area contributed by atoms with Gasteiger partial charge in [0.15, 0.2) is 0 Å². The van der Waals surface area contributed by atoms with E-state index in [0.717, 1.165) is 33.4 Å². The fourth-order valence-electron chi connectivity index (χ4n) is 4.83. The van der Waals surface area contributed by atoms with Crippen molar-refractivity contribution in [2.24, 2.45) is 0 Å². The average molecular weight is 625 g/mol. The number of hydrogen-bond donors (Lipinski definition) is 6. The van der Waals surface area contributed by atoms with E-state index in [1.54, 1.807) is 18.2 Å². The summed E-state index contributed by atoms with van der Waals surface area (Å²) >= 11 is 0. The molecule has 0 aliphatic heterocycles. The molecule has 3 aromatic carbocycles. The van der Waals surface area contributed by atoms with Crippen molar-refractivity contribution in [3.8, 4) is 28.7 Å². The molecule has 252 valence electrons. The number of benzene rings is 3. The summed E-state index contributed by atoms with van der Waals surface area (Å²) in [6.45, 7) is 30.4. The summed E-state index contributed by atoms with van der Waals surface area (Å²) in [5, 5.41) is 58.4. The SMILES string of the molecule is CC(C)(C)c1cc(CO)cc(C(C)(C)C)c1O.CC(C)(C)c1cc(O)c(C(C)(C)C)cc1O.CC(C)(C)c1cc(O)ccc1O. The highest BCUT2D eigenvalue weighted by atomic mass is 16.3. The van der Waals surface area contributed by atoms with Crippen molar-refractivity contribution in [3.63, 3.8) is 0 Å². The van der Waals surface area contributed by atoms with Gasteiger partial charge >= 0.3 is 0 Å².